The molecule has 166 valence electrons. The van der Waals surface area contributed by atoms with Crippen LogP contribution in [0.4, 0.5) is 0 Å². The summed E-state index contributed by atoms with van der Waals surface area (Å²) in [6.07, 6.45) is 8.24. The van der Waals surface area contributed by atoms with Gasteiger partial charge in [-0.05, 0) is 25.7 Å². The van der Waals surface area contributed by atoms with Crippen LogP contribution in [0.1, 0.15) is 92.9 Å². The molecule has 0 saturated heterocycles. The van der Waals surface area contributed by atoms with Crippen LogP contribution < -0.4 is 0 Å². The van der Waals surface area contributed by atoms with Crippen LogP contribution in [0.5, 0.6) is 0 Å². The molecule has 0 unspecified atom stereocenters. The van der Waals surface area contributed by atoms with Crippen molar-refractivity contribution < 1.29 is 40.7 Å². The van der Waals surface area contributed by atoms with Gasteiger partial charge in [-0.15, -0.1) is 0 Å². The predicted octanol–water partition coefficient (Wildman–Crippen LogP) is 6.35. The third-order valence-corrected chi connectivity index (χ3v) is 8.78. The molecule has 0 heterocycles. The largest absolute Gasteiger partial charge is 0.363 e. The second kappa shape index (κ2) is 21.3. The molecule has 0 aromatic carbocycles. The minimum absolute atomic E-state index is 0. The molecule has 0 rings (SSSR count). The smallest absolute Gasteiger partial charge is 0.360 e. The zero-order valence-corrected chi connectivity index (χ0v) is 22.4. The Morgan fingerprint density at radius 3 is 1.29 bits per heavy atom. The fraction of sp³-hybridized carbons (Fsp3) is 1.00. The molecule has 0 amide bonds. The Bertz CT molecular complexity index is 297. The molecule has 0 aromatic rings. The van der Waals surface area contributed by atoms with Gasteiger partial charge in [0.15, 0.2) is 6.29 Å². The minimum Gasteiger partial charge on any atom is -0.360 e. The van der Waals surface area contributed by atoms with Gasteiger partial charge >= 0.3 is 14.1 Å². The van der Waals surface area contributed by atoms with E-state index in [0.29, 0.717) is 13.2 Å². The number of hydrogen-bond acceptors (Lipinski definition) is 4. The minimum atomic E-state index is -1.38. The SMILES string of the molecule is CCCCOC(OCCCC)[C](OCCCC)(OCCCC)[Al]([CH2]C)[CH2]C.[Ti]. The normalized spacial score (nSPS) is 11.7. The van der Waals surface area contributed by atoms with E-state index in [-0.39, 0.29) is 21.7 Å². The van der Waals surface area contributed by atoms with E-state index in [0.717, 1.165) is 75.1 Å². The number of rotatable bonds is 20. The zero-order chi connectivity index (χ0) is 20.4. The van der Waals surface area contributed by atoms with Crippen LogP contribution in [0, 0.1) is 0 Å². The van der Waals surface area contributed by atoms with E-state index >= 15 is 0 Å². The second-order valence-electron chi connectivity index (χ2n) is 7.42. The predicted molar refractivity (Wildman–Crippen MR) is 117 cm³/mol. The molecule has 0 N–H and O–H groups in total. The van der Waals surface area contributed by atoms with E-state index < -0.39 is 25.1 Å². The first-order chi connectivity index (χ1) is 13.2. The average molecular weight is 450 g/mol. The molecular formula is C22H47AlO4Ti. The van der Waals surface area contributed by atoms with Crippen LogP contribution >= 0.6 is 0 Å². The Balaban J connectivity index is 0. The number of ether oxygens (including phenoxy) is 4. The van der Waals surface area contributed by atoms with Crippen molar-refractivity contribution in [3.8, 4) is 0 Å². The van der Waals surface area contributed by atoms with Crippen molar-refractivity contribution in [2.75, 3.05) is 26.4 Å². The molecule has 0 spiro atoms. The van der Waals surface area contributed by atoms with Crippen molar-refractivity contribution in [2.45, 2.75) is 114 Å². The van der Waals surface area contributed by atoms with Gasteiger partial charge in [0.25, 0.3) is 0 Å². The maximum absolute atomic E-state index is 6.57. The summed E-state index contributed by atoms with van der Waals surface area (Å²) >= 11 is -1.38. The average Bonchev–Trinajstić information content (AvgIpc) is 2.68. The van der Waals surface area contributed by atoms with Gasteiger partial charge in [0, 0.05) is 48.1 Å². The summed E-state index contributed by atoms with van der Waals surface area (Å²) in [5.41, 5.74) is 0. The Labute approximate surface area is 195 Å². The van der Waals surface area contributed by atoms with Gasteiger partial charge in [0.2, 0.25) is 0 Å². The van der Waals surface area contributed by atoms with Crippen LogP contribution in [0.3, 0.4) is 0 Å². The van der Waals surface area contributed by atoms with Crippen molar-refractivity contribution in [1.82, 2.24) is 0 Å². The molecule has 0 saturated carbocycles. The summed E-state index contributed by atoms with van der Waals surface area (Å²) in [6.45, 7) is 16.2. The molecule has 0 aliphatic rings. The maximum atomic E-state index is 6.57. The van der Waals surface area contributed by atoms with Gasteiger partial charge in [0.1, 0.15) is 4.65 Å². The van der Waals surface area contributed by atoms with Gasteiger partial charge in [-0.25, -0.2) is 0 Å². The molecule has 4 nitrogen and oxygen atoms in total. The summed E-state index contributed by atoms with van der Waals surface area (Å²) in [4.78, 5) is 0. The van der Waals surface area contributed by atoms with E-state index in [2.05, 4.69) is 41.5 Å². The van der Waals surface area contributed by atoms with E-state index in [1.165, 1.54) is 0 Å². The first kappa shape index (κ1) is 31.3. The van der Waals surface area contributed by atoms with Crippen molar-refractivity contribution in [1.29, 1.82) is 0 Å². The van der Waals surface area contributed by atoms with Crippen molar-refractivity contribution >= 4 is 14.1 Å². The summed E-state index contributed by atoms with van der Waals surface area (Å²) < 4.78 is 25.1. The Hall–Kier alpha value is 1.09. The molecular weight excluding hydrogens is 403 g/mol. The van der Waals surface area contributed by atoms with Crippen LogP contribution in [-0.4, -0.2) is 51.5 Å². The summed E-state index contributed by atoms with van der Waals surface area (Å²) in [6, 6.07) is 0. The third-order valence-electron chi connectivity index (χ3n) is 5.07. The monoisotopic (exact) mass is 450 g/mol. The molecule has 0 atom stereocenters. The topological polar surface area (TPSA) is 36.9 Å². The molecule has 0 aliphatic carbocycles. The number of unbranched alkanes of at least 4 members (excludes halogenated alkanes) is 4. The van der Waals surface area contributed by atoms with Crippen LogP contribution in [0.15, 0.2) is 0 Å². The Kier molecular flexibility index (Phi) is 23.8. The van der Waals surface area contributed by atoms with Crippen LogP contribution in [-0.2, 0) is 40.7 Å². The molecule has 0 bridgehead atoms. The van der Waals surface area contributed by atoms with Gasteiger partial charge in [-0.1, -0.05) is 77.8 Å². The quantitative estimate of drug-likeness (QED) is 0.123. The zero-order valence-electron chi connectivity index (χ0n) is 19.7. The number of hydrogen-bond donors (Lipinski definition) is 0. The van der Waals surface area contributed by atoms with E-state index in [1.54, 1.807) is 0 Å². The van der Waals surface area contributed by atoms with Crippen molar-refractivity contribution in [2.24, 2.45) is 0 Å². The molecule has 0 radical (unpaired) electrons. The molecule has 0 fully saturated rings. The summed E-state index contributed by atoms with van der Waals surface area (Å²) in [5.74, 6) is 0. The Morgan fingerprint density at radius 2 is 0.964 bits per heavy atom. The molecule has 0 aliphatic heterocycles. The maximum Gasteiger partial charge on any atom is 0.363 e. The van der Waals surface area contributed by atoms with E-state index in [9.17, 15) is 0 Å². The van der Waals surface area contributed by atoms with Crippen molar-refractivity contribution in [3.63, 3.8) is 0 Å². The van der Waals surface area contributed by atoms with Gasteiger partial charge in [0.05, 0.1) is 0 Å². The fourth-order valence-corrected chi connectivity index (χ4v) is 6.17. The Morgan fingerprint density at radius 1 is 0.607 bits per heavy atom. The van der Waals surface area contributed by atoms with Crippen LogP contribution in [0.2, 0.25) is 10.6 Å². The summed E-state index contributed by atoms with van der Waals surface area (Å²) in [7, 11) is 0. The van der Waals surface area contributed by atoms with Gasteiger partial charge < -0.3 is 18.9 Å². The van der Waals surface area contributed by atoms with Crippen molar-refractivity contribution in [3.05, 3.63) is 0 Å². The van der Waals surface area contributed by atoms with Gasteiger partial charge in [-0.2, -0.15) is 0 Å². The van der Waals surface area contributed by atoms with Gasteiger partial charge in [-0.3, -0.25) is 0 Å². The van der Waals surface area contributed by atoms with E-state index in [1.807, 2.05) is 0 Å². The third kappa shape index (κ3) is 12.1. The molecule has 6 heteroatoms. The standard InChI is InChI=1S/C18H37O4.2C2H5.Al.Ti/c1-5-9-13-19-17(20-14-10-6-2)18(21-15-11-7-3)22-16-12-8-4;2*1-2;;/h17H,5-16H2,1-4H3;2*1H2,2H3;;. The fourth-order valence-electron chi connectivity index (χ4n) is 3.17. The second-order valence-corrected chi connectivity index (χ2v) is 11.3. The van der Waals surface area contributed by atoms with Crippen LogP contribution in [0.25, 0.3) is 0 Å². The first-order valence-corrected chi connectivity index (χ1v) is 13.9. The molecule has 0 aromatic heterocycles. The van der Waals surface area contributed by atoms with E-state index in [4.69, 9.17) is 18.9 Å². The summed E-state index contributed by atoms with van der Waals surface area (Å²) in [5, 5.41) is 2.25. The molecule has 28 heavy (non-hydrogen) atoms. The first-order valence-electron chi connectivity index (χ1n) is 11.7.